The monoisotopic (exact) mass is 452 g/mol. The zero-order chi connectivity index (χ0) is 23.5. The van der Waals surface area contributed by atoms with Crippen molar-refractivity contribution in [3.63, 3.8) is 0 Å². The highest BCUT2D eigenvalue weighted by atomic mass is 19.1. The maximum Gasteiger partial charge on any atom is 0.247 e. The van der Waals surface area contributed by atoms with Crippen molar-refractivity contribution in [1.29, 1.82) is 0 Å². The van der Waals surface area contributed by atoms with E-state index in [1.54, 1.807) is 48.5 Å². The largest absolute Gasteiger partial charge is 0.491 e. The van der Waals surface area contributed by atoms with E-state index in [2.05, 4.69) is 32.5 Å². The van der Waals surface area contributed by atoms with Crippen molar-refractivity contribution in [3.05, 3.63) is 73.2 Å². The number of nitrogens with one attached hydrogen (secondary N) is 3. The van der Waals surface area contributed by atoms with Gasteiger partial charge in [0, 0.05) is 23.6 Å². The van der Waals surface area contributed by atoms with Crippen molar-refractivity contribution in [2.24, 2.45) is 5.73 Å². The number of ether oxygens (including phenoxy) is 2. The molecule has 0 bridgehead atoms. The van der Waals surface area contributed by atoms with E-state index in [0.29, 0.717) is 49.2 Å². The van der Waals surface area contributed by atoms with E-state index in [9.17, 15) is 9.18 Å². The minimum atomic E-state index is -0.623. The SMILES string of the molecule is C=CC(=O)Nc1cccc(Nc2nc(Nc3ccc(OCCOCCN)cc3)ncc2F)c1. The fraction of sp³-hybridized carbons (Fsp3) is 0.174. The Morgan fingerprint density at radius 3 is 2.61 bits per heavy atom. The third kappa shape index (κ3) is 7.56. The van der Waals surface area contributed by atoms with E-state index >= 15 is 0 Å². The highest BCUT2D eigenvalue weighted by Crippen LogP contribution is 2.23. The van der Waals surface area contributed by atoms with E-state index in [4.69, 9.17) is 15.2 Å². The Morgan fingerprint density at radius 2 is 1.85 bits per heavy atom. The summed E-state index contributed by atoms with van der Waals surface area (Å²) >= 11 is 0. The normalized spacial score (nSPS) is 10.4. The summed E-state index contributed by atoms with van der Waals surface area (Å²) < 4.78 is 25.1. The first-order valence-corrected chi connectivity index (χ1v) is 10.2. The number of nitrogens with two attached hydrogens (primary N) is 1. The molecule has 1 aromatic heterocycles. The highest BCUT2D eigenvalue weighted by molar-refractivity contribution is 5.99. The second-order valence-electron chi connectivity index (χ2n) is 6.69. The lowest BCUT2D eigenvalue weighted by atomic mass is 10.2. The molecule has 3 rings (SSSR count). The van der Waals surface area contributed by atoms with E-state index in [0.717, 1.165) is 6.20 Å². The summed E-state index contributed by atoms with van der Waals surface area (Å²) in [5.74, 6) is -0.0939. The Labute approximate surface area is 190 Å². The van der Waals surface area contributed by atoms with Gasteiger partial charge in [0.05, 0.1) is 19.4 Å². The molecular formula is C23H25FN6O3. The Balaban J connectivity index is 1.62. The first kappa shape index (κ1) is 23.6. The number of aromatic nitrogens is 2. The number of benzene rings is 2. The van der Waals surface area contributed by atoms with Crippen LogP contribution < -0.4 is 26.4 Å². The summed E-state index contributed by atoms with van der Waals surface area (Å²) in [6.07, 6.45) is 2.23. The smallest absolute Gasteiger partial charge is 0.247 e. The van der Waals surface area contributed by atoms with Crippen LogP contribution in [0.4, 0.5) is 33.2 Å². The maximum absolute atomic E-state index is 14.3. The summed E-state index contributed by atoms with van der Waals surface area (Å²) in [7, 11) is 0. The van der Waals surface area contributed by atoms with Crippen molar-refractivity contribution >= 4 is 34.7 Å². The standard InChI is InChI=1S/C23H25FN6O3/c1-2-21(31)27-17-4-3-5-18(14-17)28-22-20(24)15-26-23(30-22)29-16-6-8-19(9-7-16)33-13-12-32-11-10-25/h2-9,14-15H,1,10-13,25H2,(H,27,31)(H2,26,28,29,30). The average molecular weight is 452 g/mol. The van der Waals surface area contributed by atoms with Crippen LogP contribution in [0.5, 0.6) is 5.75 Å². The number of hydrogen-bond acceptors (Lipinski definition) is 8. The van der Waals surface area contributed by atoms with Crippen LogP contribution in [0.25, 0.3) is 0 Å². The lowest BCUT2D eigenvalue weighted by Crippen LogP contribution is -2.13. The van der Waals surface area contributed by atoms with E-state index in [1.807, 2.05) is 0 Å². The van der Waals surface area contributed by atoms with Gasteiger partial charge in [-0.05, 0) is 48.5 Å². The van der Waals surface area contributed by atoms with Crippen LogP contribution in [-0.2, 0) is 9.53 Å². The van der Waals surface area contributed by atoms with Crippen LogP contribution in [0.2, 0.25) is 0 Å². The van der Waals surface area contributed by atoms with Crippen LogP contribution in [0.15, 0.2) is 67.4 Å². The molecule has 0 aliphatic carbocycles. The molecule has 0 saturated heterocycles. The van der Waals surface area contributed by atoms with Crippen LogP contribution in [0.3, 0.4) is 0 Å². The molecule has 33 heavy (non-hydrogen) atoms. The number of amides is 1. The lowest BCUT2D eigenvalue weighted by Gasteiger charge is -2.11. The third-order valence-corrected chi connectivity index (χ3v) is 4.19. The molecule has 1 amide bonds. The lowest BCUT2D eigenvalue weighted by molar-refractivity contribution is -0.111. The van der Waals surface area contributed by atoms with Gasteiger partial charge in [-0.1, -0.05) is 12.6 Å². The number of halogens is 1. The van der Waals surface area contributed by atoms with E-state index in [-0.39, 0.29) is 17.7 Å². The van der Waals surface area contributed by atoms with Gasteiger partial charge in [0.2, 0.25) is 11.9 Å². The van der Waals surface area contributed by atoms with Gasteiger partial charge in [-0.15, -0.1) is 0 Å². The summed E-state index contributed by atoms with van der Waals surface area (Å²) in [6, 6.07) is 14.0. The molecule has 5 N–H and O–H groups in total. The fourth-order valence-electron chi connectivity index (χ4n) is 2.69. The van der Waals surface area contributed by atoms with Crippen LogP contribution in [0.1, 0.15) is 0 Å². The third-order valence-electron chi connectivity index (χ3n) is 4.19. The molecule has 0 unspecified atom stereocenters. The van der Waals surface area contributed by atoms with Gasteiger partial charge in [-0.2, -0.15) is 4.98 Å². The molecule has 0 fully saturated rings. The second-order valence-corrected chi connectivity index (χ2v) is 6.69. The number of hydrogen-bond donors (Lipinski definition) is 4. The number of rotatable bonds is 12. The quantitative estimate of drug-likeness (QED) is 0.243. The van der Waals surface area contributed by atoms with Gasteiger partial charge in [0.25, 0.3) is 0 Å². The minimum absolute atomic E-state index is 0.0165. The number of carbonyl (C=O) groups is 1. The van der Waals surface area contributed by atoms with Crippen molar-refractivity contribution in [2.75, 3.05) is 42.3 Å². The summed E-state index contributed by atoms with van der Waals surface area (Å²) in [5.41, 5.74) is 7.13. The fourth-order valence-corrected chi connectivity index (χ4v) is 2.69. The Hall–Kier alpha value is -4.02. The molecule has 0 atom stereocenters. The van der Waals surface area contributed by atoms with Gasteiger partial charge >= 0.3 is 0 Å². The first-order chi connectivity index (χ1) is 16.1. The minimum Gasteiger partial charge on any atom is -0.491 e. The predicted octanol–water partition coefficient (Wildman–Crippen LogP) is 3.58. The topological polar surface area (TPSA) is 123 Å². The van der Waals surface area contributed by atoms with E-state index < -0.39 is 5.82 Å². The molecule has 0 saturated carbocycles. The van der Waals surface area contributed by atoms with Crippen molar-refractivity contribution < 1.29 is 18.7 Å². The average Bonchev–Trinajstić information content (AvgIpc) is 2.82. The number of anilines is 5. The molecule has 172 valence electrons. The number of carbonyl (C=O) groups excluding carboxylic acids is 1. The second kappa shape index (κ2) is 12.1. The van der Waals surface area contributed by atoms with Crippen molar-refractivity contribution in [2.45, 2.75) is 0 Å². The first-order valence-electron chi connectivity index (χ1n) is 10.2. The van der Waals surface area contributed by atoms with Gasteiger partial charge < -0.3 is 31.2 Å². The zero-order valence-electron chi connectivity index (χ0n) is 17.9. The molecule has 1 heterocycles. The Morgan fingerprint density at radius 1 is 1.06 bits per heavy atom. The van der Waals surface area contributed by atoms with Crippen LogP contribution in [0, 0.1) is 5.82 Å². The zero-order valence-corrected chi connectivity index (χ0v) is 17.9. The van der Waals surface area contributed by atoms with Gasteiger partial charge in [0.15, 0.2) is 11.6 Å². The van der Waals surface area contributed by atoms with Crippen LogP contribution >= 0.6 is 0 Å². The van der Waals surface area contributed by atoms with Gasteiger partial charge in [-0.25, -0.2) is 9.37 Å². The van der Waals surface area contributed by atoms with E-state index in [1.165, 1.54) is 6.08 Å². The molecular weight excluding hydrogens is 427 g/mol. The molecule has 3 aromatic rings. The summed E-state index contributed by atoms with van der Waals surface area (Å²) in [4.78, 5) is 19.7. The molecule has 2 aromatic carbocycles. The molecule has 0 aliphatic rings. The molecule has 10 heteroatoms. The molecule has 0 aliphatic heterocycles. The number of nitrogens with zero attached hydrogens (tertiary/aromatic N) is 2. The molecule has 0 spiro atoms. The molecule has 9 nitrogen and oxygen atoms in total. The van der Waals surface area contributed by atoms with Gasteiger partial charge in [0.1, 0.15) is 12.4 Å². The summed E-state index contributed by atoms with van der Waals surface area (Å²) in [6.45, 7) is 5.26. The molecule has 0 radical (unpaired) electrons. The van der Waals surface area contributed by atoms with Crippen molar-refractivity contribution in [3.8, 4) is 5.75 Å². The van der Waals surface area contributed by atoms with Gasteiger partial charge in [-0.3, -0.25) is 4.79 Å². The van der Waals surface area contributed by atoms with Crippen LogP contribution in [-0.4, -0.2) is 42.2 Å². The highest BCUT2D eigenvalue weighted by Gasteiger charge is 2.09. The predicted molar refractivity (Wildman–Crippen MR) is 126 cm³/mol. The van der Waals surface area contributed by atoms with Crippen molar-refractivity contribution in [1.82, 2.24) is 9.97 Å². The summed E-state index contributed by atoms with van der Waals surface area (Å²) in [5, 5.41) is 8.56. The Kier molecular flexibility index (Phi) is 8.69. The maximum atomic E-state index is 14.3. The Bertz CT molecular complexity index is 1080.